The zero-order chi connectivity index (χ0) is 19.6. The highest BCUT2D eigenvalue weighted by molar-refractivity contribution is 7.80. The van der Waals surface area contributed by atoms with Crippen LogP contribution >= 0.6 is 0 Å². The van der Waals surface area contributed by atoms with Crippen molar-refractivity contribution < 1.29 is 22.3 Å². The summed E-state index contributed by atoms with van der Waals surface area (Å²) in [6.07, 6.45) is 12.0. The van der Waals surface area contributed by atoms with Crippen LogP contribution in [-0.4, -0.2) is 29.8 Å². The Bertz CT molecular complexity index is 809. The maximum absolute atomic E-state index is 11.1. The van der Waals surface area contributed by atoms with E-state index in [1.165, 1.54) is 11.1 Å². The molecule has 0 aromatic rings. The molecular formula is C21H30O5S. The Morgan fingerprint density at radius 3 is 2.63 bits per heavy atom. The SMILES string of the molecule is C#CC1(O)CCC2C3C(C)CC4=C(CCC(OS(=O)(=O)O)C4)C3CCC21C. The van der Waals surface area contributed by atoms with E-state index in [2.05, 4.69) is 19.8 Å². The molecule has 0 bridgehead atoms. The number of fused-ring (bicyclic) bond motifs is 4. The van der Waals surface area contributed by atoms with Crippen LogP contribution in [0.1, 0.15) is 65.2 Å². The van der Waals surface area contributed by atoms with Crippen LogP contribution in [0.25, 0.3) is 0 Å². The van der Waals surface area contributed by atoms with Crippen LogP contribution in [0.4, 0.5) is 0 Å². The van der Waals surface area contributed by atoms with Gasteiger partial charge in [0, 0.05) is 5.41 Å². The molecule has 7 atom stereocenters. The third kappa shape index (κ3) is 2.98. The summed E-state index contributed by atoms with van der Waals surface area (Å²) in [5.41, 5.74) is 1.63. The molecule has 2 N–H and O–H groups in total. The van der Waals surface area contributed by atoms with Crippen LogP contribution in [0.2, 0.25) is 0 Å². The molecule has 6 heteroatoms. The van der Waals surface area contributed by atoms with Crippen molar-refractivity contribution in [2.75, 3.05) is 0 Å². The Kier molecular flexibility index (Phi) is 4.55. The number of rotatable bonds is 2. The first-order chi connectivity index (χ1) is 12.6. The highest BCUT2D eigenvalue weighted by atomic mass is 32.3. The maximum atomic E-state index is 11.1. The molecule has 0 heterocycles. The third-order valence-corrected chi connectivity index (χ3v) is 8.83. The molecule has 2 saturated carbocycles. The van der Waals surface area contributed by atoms with Crippen molar-refractivity contribution in [2.24, 2.45) is 29.1 Å². The van der Waals surface area contributed by atoms with Crippen LogP contribution < -0.4 is 0 Å². The predicted octanol–water partition coefficient (Wildman–Crippen LogP) is 3.50. The lowest BCUT2D eigenvalue weighted by Gasteiger charge is -2.55. The summed E-state index contributed by atoms with van der Waals surface area (Å²) >= 11 is 0. The second-order valence-electron chi connectivity index (χ2n) is 9.49. The molecule has 4 aliphatic rings. The molecule has 0 aliphatic heterocycles. The highest BCUT2D eigenvalue weighted by Gasteiger charge is 2.62. The molecular weight excluding hydrogens is 364 g/mol. The highest BCUT2D eigenvalue weighted by Crippen LogP contribution is 2.65. The number of allylic oxidation sites excluding steroid dienone is 1. The summed E-state index contributed by atoms with van der Waals surface area (Å²) in [6.45, 7) is 4.47. The molecule has 5 nitrogen and oxygen atoms in total. The van der Waals surface area contributed by atoms with E-state index in [1.807, 2.05) is 0 Å². The second kappa shape index (κ2) is 6.32. The fraction of sp³-hybridized carbons (Fsp3) is 0.810. The van der Waals surface area contributed by atoms with Gasteiger partial charge >= 0.3 is 10.4 Å². The number of terminal acetylenes is 1. The fourth-order valence-electron chi connectivity index (χ4n) is 7.09. The van der Waals surface area contributed by atoms with Gasteiger partial charge in [-0.05, 0) is 75.0 Å². The zero-order valence-electron chi connectivity index (χ0n) is 16.1. The molecule has 4 aliphatic carbocycles. The lowest BCUT2D eigenvalue weighted by molar-refractivity contribution is -0.0811. The van der Waals surface area contributed by atoms with Gasteiger partial charge < -0.3 is 5.11 Å². The van der Waals surface area contributed by atoms with Crippen molar-refractivity contribution in [2.45, 2.75) is 76.9 Å². The van der Waals surface area contributed by atoms with E-state index in [1.54, 1.807) is 0 Å². The van der Waals surface area contributed by atoms with Gasteiger partial charge in [-0.1, -0.05) is 30.9 Å². The zero-order valence-corrected chi connectivity index (χ0v) is 17.0. The summed E-state index contributed by atoms with van der Waals surface area (Å²) < 4.78 is 36.0. The third-order valence-electron chi connectivity index (χ3n) is 8.32. The van der Waals surface area contributed by atoms with Gasteiger partial charge in [-0.3, -0.25) is 4.55 Å². The predicted molar refractivity (Wildman–Crippen MR) is 102 cm³/mol. The Balaban J connectivity index is 1.61. The van der Waals surface area contributed by atoms with Crippen molar-refractivity contribution >= 4 is 10.4 Å². The lowest BCUT2D eigenvalue weighted by Crippen LogP contribution is -2.52. The maximum Gasteiger partial charge on any atom is 0.397 e. The summed E-state index contributed by atoms with van der Waals surface area (Å²) in [5, 5.41) is 11.1. The number of hydrogen-bond acceptors (Lipinski definition) is 4. The van der Waals surface area contributed by atoms with Crippen molar-refractivity contribution in [1.29, 1.82) is 0 Å². The quantitative estimate of drug-likeness (QED) is 0.425. The van der Waals surface area contributed by atoms with Gasteiger partial charge in [0.15, 0.2) is 0 Å². The smallest absolute Gasteiger partial charge is 0.377 e. The molecule has 0 spiro atoms. The van der Waals surface area contributed by atoms with E-state index in [4.69, 9.17) is 15.2 Å². The molecule has 0 aromatic carbocycles. The molecule has 0 aromatic heterocycles. The Morgan fingerprint density at radius 1 is 1.22 bits per heavy atom. The molecule has 2 fully saturated rings. The van der Waals surface area contributed by atoms with Gasteiger partial charge in [0.1, 0.15) is 5.60 Å². The summed E-state index contributed by atoms with van der Waals surface area (Å²) in [4.78, 5) is 0. The summed E-state index contributed by atoms with van der Waals surface area (Å²) in [6, 6.07) is 0. The standard InChI is InChI=1S/C21H30O5S/c1-4-21(22)10-8-18-19-13(2)11-14-12-15(26-27(23,24)25)5-6-16(14)17(19)7-9-20(18,21)3/h1,13,15,17-19,22H,5-12H2,2-3H3,(H,23,24,25). The van der Waals surface area contributed by atoms with Gasteiger partial charge in [-0.15, -0.1) is 6.42 Å². The molecule has 4 rings (SSSR count). The number of hydrogen-bond donors (Lipinski definition) is 2. The van der Waals surface area contributed by atoms with Crippen molar-refractivity contribution in [3.05, 3.63) is 11.1 Å². The van der Waals surface area contributed by atoms with Gasteiger partial charge in [-0.25, -0.2) is 4.18 Å². The van der Waals surface area contributed by atoms with Crippen LogP contribution in [0, 0.1) is 41.4 Å². The molecule has 27 heavy (non-hydrogen) atoms. The van der Waals surface area contributed by atoms with E-state index in [0.717, 1.165) is 32.1 Å². The van der Waals surface area contributed by atoms with Crippen molar-refractivity contribution in [3.8, 4) is 12.3 Å². The minimum atomic E-state index is -4.40. The Labute approximate surface area is 162 Å². The van der Waals surface area contributed by atoms with E-state index >= 15 is 0 Å². The van der Waals surface area contributed by atoms with E-state index in [-0.39, 0.29) is 5.41 Å². The van der Waals surface area contributed by atoms with Crippen molar-refractivity contribution in [3.63, 3.8) is 0 Å². The van der Waals surface area contributed by atoms with E-state index < -0.39 is 22.1 Å². The molecule has 0 radical (unpaired) electrons. The molecule has 0 saturated heterocycles. The van der Waals surface area contributed by atoms with Crippen LogP contribution in [0.15, 0.2) is 11.1 Å². The molecule has 150 valence electrons. The fourth-order valence-corrected chi connectivity index (χ4v) is 7.60. The summed E-state index contributed by atoms with van der Waals surface area (Å²) in [5.74, 6) is 4.67. The Morgan fingerprint density at radius 2 is 1.96 bits per heavy atom. The van der Waals surface area contributed by atoms with Crippen LogP contribution in [-0.2, 0) is 14.6 Å². The second-order valence-corrected chi connectivity index (χ2v) is 10.5. The largest absolute Gasteiger partial charge is 0.397 e. The first-order valence-corrected chi connectivity index (χ1v) is 11.5. The molecule has 0 amide bonds. The van der Waals surface area contributed by atoms with Crippen molar-refractivity contribution in [1.82, 2.24) is 0 Å². The normalized spacial score (nSPS) is 47.0. The minimum Gasteiger partial charge on any atom is -0.377 e. The summed E-state index contributed by atoms with van der Waals surface area (Å²) in [7, 11) is -4.40. The van der Waals surface area contributed by atoms with Gasteiger partial charge in [0.05, 0.1) is 6.10 Å². The van der Waals surface area contributed by atoms with E-state index in [9.17, 15) is 13.5 Å². The Hall–Kier alpha value is -0.870. The monoisotopic (exact) mass is 394 g/mol. The lowest BCUT2D eigenvalue weighted by atomic mass is 9.50. The van der Waals surface area contributed by atoms with Crippen LogP contribution in [0.3, 0.4) is 0 Å². The van der Waals surface area contributed by atoms with E-state index in [0.29, 0.717) is 42.9 Å². The first kappa shape index (κ1) is 19.4. The van der Waals surface area contributed by atoms with Gasteiger partial charge in [-0.2, -0.15) is 8.42 Å². The number of aliphatic hydroxyl groups is 1. The van der Waals surface area contributed by atoms with Crippen LogP contribution in [0.5, 0.6) is 0 Å². The van der Waals surface area contributed by atoms with Gasteiger partial charge in [0.2, 0.25) is 0 Å². The first-order valence-electron chi connectivity index (χ1n) is 10.1. The average Bonchev–Trinajstić information content (AvgIpc) is 2.85. The average molecular weight is 395 g/mol. The molecule has 7 unspecified atom stereocenters. The minimum absolute atomic E-state index is 0.208. The van der Waals surface area contributed by atoms with Gasteiger partial charge in [0.25, 0.3) is 0 Å². The topological polar surface area (TPSA) is 83.8 Å².